The third-order valence-corrected chi connectivity index (χ3v) is 3.11. The van der Waals surface area contributed by atoms with E-state index < -0.39 is 0 Å². The number of benzene rings is 1. The number of hydrogen-bond donors (Lipinski definition) is 1. The predicted octanol–water partition coefficient (Wildman–Crippen LogP) is 2.05. The maximum atomic E-state index is 5.52. The van der Waals surface area contributed by atoms with Crippen LogP contribution in [0.4, 0.5) is 0 Å². The Balaban J connectivity index is 1.94. The Morgan fingerprint density at radius 1 is 1.44 bits per heavy atom. The summed E-state index contributed by atoms with van der Waals surface area (Å²) in [6, 6.07) is 8.11. The summed E-state index contributed by atoms with van der Waals surface area (Å²) >= 11 is 0. The highest BCUT2D eigenvalue weighted by molar-refractivity contribution is 5.60. The average Bonchev–Trinajstić information content (AvgIpc) is 2.83. The molecule has 1 N–H and O–H groups in total. The van der Waals surface area contributed by atoms with Gasteiger partial charge in [0.15, 0.2) is 0 Å². The number of imidazole rings is 1. The minimum absolute atomic E-state index is 0.688. The fraction of sp³-hybridized carbons (Fsp3) is 0.357. The number of rotatable bonds is 3. The molecule has 1 aliphatic heterocycles. The molecular weight excluding hydrogens is 226 g/mol. The molecule has 0 atom stereocenters. The normalized spacial score (nSPS) is 14.3. The lowest BCUT2D eigenvalue weighted by Gasteiger charge is -2.13. The largest absolute Gasteiger partial charge is 0.494 e. The van der Waals surface area contributed by atoms with Crippen LogP contribution in [0.3, 0.4) is 0 Å². The van der Waals surface area contributed by atoms with Gasteiger partial charge in [0.25, 0.3) is 0 Å². The summed E-state index contributed by atoms with van der Waals surface area (Å²) in [6.07, 6.45) is 2.13. The molecule has 1 aliphatic rings. The molecule has 0 saturated heterocycles. The van der Waals surface area contributed by atoms with Gasteiger partial charge in [-0.05, 0) is 19.1 Å². The van der Waals surface area contributed by atoms with Crippen molar-refractivity contribution in [3.63, 3.8) is 0 Å². The lowest BCUT2D eigenvalue weighted by atomic mass is 10.1. The monoisotopic (exact) mass is 243 g/mol. The SMILES string of the molecule is CCOc1cccc(-c2cn3c(n2)CNCC3)c1. The van der Waals surface area contributed by atoms with E-state index in [0.717, 1.165) is 42.5 Å². The first-order valence-electron chi connectivity index (χ1n) is 6.37. The molecule has 94 valence electrons. The summed E-state index contributed by atoms with van der Waals surface area (Å²) in [5.41, 5.74) is 2.14. The van der Waals surface area contributed by atoms with Gasteiger partial charge in [0.05, 0.1) is 18.8 Å². The van der Waals surface area contributed by atoms with Crippen molar-refractivity contribution in [1.82, 2.24) is 14.9 Å². The number of fused-ring (bicyclic) bond motifs is 1. The van der Waals surface area contributed by atoms with Crippen molar-refractivity contribution in [2.75, 3.05) is 13.2 Å². The molecule has 1 aromatic carbocycles. The molecule has 0 aliphatic carbocycles. The summed E-state index contributed by atoms with van der Waals surface area (Å²) in [5, 5.41) is 3.33. The van der Waals surface area contributed by atoms with Crippen LogP contribution in [-0.2, 0) is 13.1 Å². The first kappa shape index (κ1) is 11.3. The number of aromatic nitrogens is 2. The summed E-state index contributed by atoms with van der Waals surface area (Å²) < 4.78 is 7.74. The molecule has 0 bridgehead atoms. The van der Waals surface area contributed by atoms with E-state index in [2.05, 4.69) is 27.1 Å². The third kappa shape index (κ3) is 2.11. The van der Waals surface area contributed by atoms with Crippen LogP contribution < -0.4 is 10.1 Å². The average molecular weight is 243 g/mol. The van der Waals surface area contributed by atoms with Crippen LogP contribution in [0.5, 0.6) is 5.75 Å². The van der Waals surface area contributed by atoms with Crippen molar-refractivity contribution in [1.29, 1.82) is 0 Å². The van der Waals surface area contributed by atoms with E-state index in [4.69, 9.17) is 4.74 Å². The Morgan fingerprint density at radius 3 is 3.22 bits per heavy atom. The van der Waals surface area contributed by atoms with Crippen molar-refractivity contribution in [3.05, 3.63) is 36.3 Å². The Hall–Kier alpha value is -1.81. The number of nitrogens with zero attached hydrogens (tertiary/aromatic N) is 2. The van der Waals surface area contributed by atoms with Gasteiger partial charge >= 0.3 is 0 Å². The highest BCUT2D eigenvalue weighted by atomic mass is 16.5. The van der Waals surface area contributed by atoms with E-state index in [1.54, 1.807) is 0 Å². The van der Waals surface area contributed by atoms with E-state index in [-0.39, 0.29) is 0 Å². The molecule has 18 heavy (non-hydrogen) atoms. The van der Waals surface area contributed by atoms with Gasteiger partial charge in [-0.2, -0.15) is 0 Å². The lowest BCUT2D eigenvalue weighted by molar-refractivity contribution is 0.340. The smallest absolute Gasteiger partial charge is 0.123 e. The fourth-order valence-electron chi connectivity index (χ4n) is 2.24. The van der Waals surface area contributed by atoms with Crippen LogP contribution in [0.1, 0.15) is 12.7 Å². The van der Waals surface area contributed by atoms with Gasteiger partial charge in [-0.3, -0.25) is 0 Å². The summed E-state index contributed by atoms with van der Waals surface area (Å²) in [5.74, 6) is 2.01. The van der Waals surface area contributed by atoms with E-state index in [9.17, 15) is 0 Å². The molecule has 0 radical (unpaired) electrons. The van der Waals surface area contributed by atoms with Gasteiger partial charge in [0.1, 0.15) is 11.6 Å². The third-order valence-electron chi connectivity index (χ3n) is 3.11. The van der Waals surface area contributed by atoms with E-state index in [1.807, 2.05) is 25.1 Å². The van der Waals surface area contributed by atoms with E-state index in [0.29, 0.717) is 6.61 Å². The highest BCUT2D eigenvalue weighted by Gasteiger charge is 2.12. The second-order valence-electron chi connectivity index (χ2n) is 4.37. The molecule has 0 unspecified atom stereocenters. The van der Waals surface area contributed by atoms with Crippen LogP contribution in [0.15, 0.2) is 30.5 Å². The van der Waals surface area contributed by atoms with Gasteiger partial charge in [-0.1, -0.05) is 12.1 Å². The van der Waals surface area contributed by atoms with Crippen molar-refractivity contribution >= 4 is 0 Å². The zero-order valence-corrected chi connectivity index (χ0v) is 10.5. The molecule has 0 fully saturated rings. The Morgan fingerprint density at radius 2 is 2.39 bits per heavy atom. The van der Waals surface area contributed by atoms with Crippen LogP contribution >= 0.6 is 0 Å². The van der Waals surface area contributed by atoms with Crippen LogP contribution in [-0.4, -0.2) is 22.7 Å². The Bertz CT molecular complexity index is 524. The van der Waals surface area contributed by atoms with Crippen molar-refractivity contribution in [2.45, 2.75) is 20.0 Å². The van der Waals surface area contributed by atoms with Crippen LogP contribution in [0.25, 0.3) is 11.3 Å². The zero-order valence-electron chi connectivity index (χ0n) is 10.5. The van der Waals surface area contributed by atoms with Gasteiger partial charge < -0.3 is 14.6 Å². The van der Waals surface area contributed by atoms with Gasteiger partial charge in [-0.25, -0.2) is 4.98 Å². The van der Waals surface area contributed by atoms with Crippen molar-refractivity contribution in [3.8, 4) is 17.0 Å². The first-order valence-corrected chi connectivity index (χ1v) is 6.37. The fourth-order valence-corrected chi connectivity index (χ4v) is 2.24. The van der Waals surface area contributed by atoms with Crippen molar-refractivity contribution < 1.29 is 4.74 Å². The standard InChI is InChI=1S/C14H17N3O/c1-2-18-12-5-3-4-11(8-12)13-10-17-7-6-15-9-14(17)16-13/h3-5,8,10,15H,2,6-7,9H2,1H3. The first-order chi connectivity index (χ1) is 8.86. The second-order valence-corrected chi connectivity index (χ2v) is 4.37. The molecule has 3 rings (SSSR count). The second kappa shape index (κ2) is 4.82. The van der Waals surface area contributed by atoms with Gasteiger partial charge in [-0.15, -0.1) is 0 Å². The quantitative estimate of drug-likeness (QED) is 0.896. The van der Waals surface area contributed by atoms with Gasteiger partial charge in [0, 0.05) is 24.8 Å². The Kier molecular flexibility index (Phi) is 3.02. The molecule has 4 heteroatoms. The highest BCUT2D eigenvalue weighted by Crippen LogP contribution is 2.24. The van der Waals surface area contributed by atoms with Crippen LogP contribution in [0, 0.1) is 0 Å². The summed E-state index contributed by atoms with van der Waals surface area (Å²) in [6.45, 7) is 5.54. The van der Waals surface area contributed by atoms with Gasteiger partial charge in [0.2, 0.25) is 0 Å². The summed E-state index contributed by atoms with van der Waals surface area (Å²) in [7, 11) is 0. The molecule has 4 nitrogen and oxygen atoms in total. The van der Waals surface area contributed by atoms with E-state index in [1.165, 1.54) is 0 Å². The zero-order chi connectivity index (χ0) is 12.4. The molecule has 0 amide bonds. The predicted molar refractivity (Wildman–Crippen MR) is 70.5 cm³/mol. The number of ether oxygens (including phenoxy) is 1. The molecule has 0 saturated carbocycles. The summed E-state index contributed by atoms with van der Waals surface area (Å²) in [4.78, 5) is 4.67. The van der Waals surface area contributed by atoms with Crippen molar-refractivity contribution in [2.24, 2.45) is 0 Å². The lowest BCUT2D eigenvalue weighted by Crippen LogP contribution is -2.27. The molecule has 1 aromatic heterocycles. The van der Waals surface area contributed by atoms with E-state index >= 15 is 0 Å². The number of nitrogens with one attached hydrogen (secondary N) is 1. The maximum absolute atomic E-state index is 5.52. The molecule has 2 heterocycles. The maximum Gasteiger partial charge on any atom is 0.123 e. The van der Waals surface area contributed by atoms with Crippen LogP contribution in [0.2, 0.25) is 0 Å². The molecular formula is C14H17N3O. The topological polar surface area (TPSA) is 39.1 Å². The molecule has 0 spiro atoms. The Labute approximate surface area is 107 Å². The number of hydrogen-bond acceptors (Lipinski definition) is 3. The minimum atomic E-state index is 0.688. The minimum Gasteiger partial charge on any atom is -0.494 e. The molecule has 2 aromatic rings.